The number of rotatable bonds is 6. The van der Waals surface area contributed by atoms with Gasteiger partial charge in [-0.05, 0) is 28.8 Å². The van der Waals surface area contributed by atoms with E-state index in [0.717, 1.165) is 16.7 Å². The third kappa shape index (κ3) is 4.17. The SMILES string of the molecule is O=C(O)Cc1ccccc1CNCc1ccc(F)cc1. The minimum absolute atomic E-state index is 0.0222. The minimum atomic E-state index is -0.837. The predicted molar refractivity (Wildman–Crippen MR) is 74.7 cm³/mol. The van der Waals surface area contributed by atoms with Crippen LogP contribution in [0, 0.1) is 5.82 Å². The van der Waals surface area contributed by atoms with Gasteiger partial charge in [0.05, 0.1) is 6.42 Å². The summed E-state index contributed by atoms with van der Waals surface area (Å²) in [4.78, 5) is 10.8. The molecule has 2 aromatic carbocycles. The van der Waals surface area contributed by atoms with Gasteiger partial charge in [-0.3, -0.25) is 4.79 Å². The second-order valence-corrected chi connectivity index (χ2v) is 4.57. The van der Waals surface area contributed by atoms with Gasteiger partial charge in [0.1, 0.15) is 5.82 Å². The third-order valence-corrected chi connectivity index (χ3v) is 3.02. The van der Waals surface area contributed by atoms with E-state index in [2.05, 4.69) is 5.32 Å². The summed E-state index contributed by atoms with van der Waals surface area (Å²) in [5, 5.41) is 12.1. The lowest BCUT2D eigenvalue weighted by Crippen LogP contribution is -2.15. The number of carboxylic acid groups (broad SMARTS) is 1. The van der Waals surface area contributed by atoms with E-state index in [-0.39, 0.29) is 12.2 Å². The number of carbonyl (C=O) groups is 1. The highest BCUT2D eigenvalue weighted by atomic mass is 19.1. The van der Waals surface area contributed by atoms with Crippen molar-refractivity contribution in [3.63, 3.8) is 0 Å². The van der Waals surface area contributed by atoms with Crippen molar-refractivity contribution in [2.45, 2.75) is 19.5 Å². The lowest BCUT2D eigenvalue weighted by atomic mass is 10.0. The first-order valence-corrected chi connectivity index (χ1v) is 6.39. The fraction of sp³-hybridized carbons (Fsp3) is 0.188. The zero-order valence-electron chi connectivity index (χ0n) is 11.0. The topological polar surface area (TPSA) is 49.3 Å². The van der Waals surface area contributed by atoms with Crippen molar-refractivity contribution >= 4 is 5.97 Å². The minimum Gasteiger partial charge on any atom is -0.481 e. The van der Waals surface area contributed by atoms with Gasteiger partial charge in [-0.15, -0.1) is 0 Å². The van der Waals surface area contributed by atoms with E-state index in [1.807, 2.05) is 24.3 Å². The lowest BCUT2D eigenvalue weighted by Gasteiger charge is -2.09. The van der Waals surface area contributed by atoms with Gasteiger partial charge in [-0.25, -0.2) is 4.39 Å². The first-order chi connectivity index (χ1) is 9.65. The Hall–Kier alpha value is -2.20. The lowest BCUT2D eigenvalue weighted by molar-refractivity contribution is -0.136. The normalized spacial score (nSPS) is 10.4. The molecule has 0 spiro atoms. The van der Waals surface area contributed by atoms with E-state index in [1.54, 1.807) is 12.1 Å². The van der Waals surface area contributed by atoms with Crippen molar-refractivity contribution in [3.8, 4) is 0 Å². The van der Waals surface area contributed by atoms with Crippen LogP contribution >= 0.6 is 0 Å². The van der Waals surface area contributed by atoms with Crippen LogP contribution in [-0.2, 0) is 24.3 Å². The van der Waals surface area contributed by atoms with Gasteiger partial charge in [0, 0.05) is 13.1 Å². The highest BCUT2D eigenvalue weighted by Gasteiger charge is 2.05. The molecule has 2 rings (SSSR count). The van der Waals surface area contributed by atoms with Crippen molar-refractivity contribution in [1.29, 1.82) is 0 Å². The molecule has 0 saturated carbocycles. The standard InChI is InChI=1S/C16H16FNO2/c17-15-7-5-12(6-8-15)10-18-11-14-4-2-1-3-13(14)9-16(19)20/h1-8,18H,9-11H2,(H,19,20). The largest absolute Gasteiger partial charge is 0.481 e. The predicted octanol–water partition coefficient (Wildman–Crippen LogP) is 2.74. The number of hydrogen-bond acceptors (Lipinski definition) is 2. The van der Waals surface area contributed by atoms with Crippen molar-refractivity contribution in [1.82, 2.24) is 5.32 Å². The highest BCUT2D eigenvalue weighted by molar-refractivity contribution is 5.70. The molecule has 0 unspecified atom stereocenters. The van der Waals surface area contributed by atoms with Crippen LogP contribution in [0.25, 0.3) is 0 Å². The Morgan fingerprint density at radius 3 is 2.30 bits per heavy atom. The molecule has 0 aliphatic rings. The first kappa shape index (κ1) is 14.2. The van der Waals surface area contributed by atoms with Crippen molar-refractivity contribution < 1.29 is 14.3 Å². The van der Waals surface area contributed by atoms with Gasteiger partial charge in [0.2, 0.25) is 0 Å². The third-order valence-electron chi connectivity index (χ3n) is 3.02. The van der Waals surface area contributed by atoms with Gasteiger partial charge in [0.15, 0.2) is 0 Å². The Morgan fingerprint density at radius 1 is 1.00 bits per heavy atom. The molecule has 0 radical (unpaired) electrons. The summed E-state index contributed by atoms with van der Waals surface area (Å²) in [6, 6.07) is 13.8. The van der Waals surface area contributed by atoms with Crippen LogP contribution in [0.3, 0.4) is 0 Å². The van der Waals surface area contributed by atoms with Crippen LogP contribution in [0.1, 0.15) is 16.7 Å². The molecule has 0 saturated heterocycles. The summed E-state index contributed by atoms with van der Waals surface area (Å²) in [5.74, 6) is -1.09. The summed E-state index contributed by atoms with van der Waals surface area (Å²) in [5.41, 5.74) is 2.77. The molecule has 0 heterocycles. The van der Waals surface area contributed by atoms with Gasteiger partial charge in [-0.2, -0.15) is 0 Å². The Kier molecular flexibility index (Phi) is 4.85. The number of aliphatic carboxylic acids is 1. The molecule has 2 N–H and O–H groups in total. The summed E-state index contributed by atoms with van der Waals surface area (Å²) in [7, 11) is 0. The average molecular weight is 273 g/mol. The quantitative estimate of drug-likeness (QED) is 0.851. The number of carboxylic acids is 1. The highest BCUT2D eigenvalue weighted by Crippen LogP contribution is 2.10. The van der Waals surface area contributed by atoms with E-state index in [4.69, 9.17) is 5.11 Å². The van der Waals surface area contributed by atoms with E-state index >= 15 is 0 Å². The fourth-order valence-electron chi connectivity index (χ4n) is 2.01. The van der Waals surface area contributed by atoms with Gasteiger partial charge < -0.3 is 10.4 Å². The van der Waals surface area contributed by atoms with Crippen molar-refractivity contribution in [3.05, 3.63) is 71.0 Å². The summed E-state index contributed by atoms with van der Waals surface area (Å²) >= 11 is 0. The van der Waals surface area contributed by atoms with E-state index < -0.39 is 5.97 Å². The molecule has 0 amide bonds. The summed E-state index contributed by atoms with van der Waals surface area (Å²) in [6.45, 7) is 1.20. The average Bonchev–Trinajstić information content (AvgIpc) is 2.42. The van der Waals surface area contributed by atoms with Crippen LogP contribution in [-0.4, -0.2) is 11.1 Å². The number of benzene rings is 2. The monoisotopic (exact) mass is 273 g/mol. The van der Waals surface area contributed by atoms with Crippen LogP contribution in [0.2, 0.25) is 0 Å². The van der Waals surface area contributed by atoms with Gasteiger partial charge in [0.25, 0.3) is 0 Å². The van der Waals surface area contributed by atoms with Crippen LogP contribution < -0.4 is 5.32 Å². The molecule has 104 valence electrons. The molecule has 0 fully saturated rings. The second-order valence-electron chi connectivity index (χ2n) is 4.57. The van der Waals surface area contributed by atoms with Crippen LogP contribution in [0.5, 0.6) is 0 Å². The molecule has 0 atom stereocenters. The molecule has 0 aliphatic heterocycles. The molecule has 3 nitrogen and oxygen atoms in total. The van der Waals surface area contributed by atoms with Crippen molar-refractivity contribution in [2.75, 3.05) is 0 Å². The Labute approximate surface area is 117 Å². The fourth-order valence-corrected chi connectivity index (χ4v) is 2.01. The maximum absolute atomic E-state index is 12.8. The molecule has 4 heteroatoms. The summed E-state index contributed by atoms with van der Waals surface area (Å²) < 4.78 is 12.8. The molecular formula is C16H16FNO2. The molecule has 2 aromatic rings. The Morgan fingerprint density at radius 2 is 1.65 bits per heavy atom. The second kappa shape index (κ2) is 6.82. The first-order valence-electron chi connectivity index (χ1n) is 6.39. The maximum atomic E-state index is 12.8. The van der Waals surface area contributed by atoms with Gasteiger partial charge >= 0.3 is 5.97 Å². The number of halogens is 1. The maximum Gasteiger partial charge on any atom is 0.307 e. The van der Waals surface area contributed by atoms with E-state index in [9.17, 15) is 9.18 Å². The van der Waals surface area contributed by atoms with Crippen molar-refractivity contribution in [2.24, 2.45) is 0 Å². The zero-order valence-corrected chi connectivity index (χ0v) is 11.0. The Bertz CT molecular complexity index is 581. The molecule has 20 heavy (non-hydrogen) atoms. The Balaban J connectivity index is 1.93. The van der Waals surface area contributed by atoms with Crippen LogP contribution in [0.15, 0.2) is 48.5 Å². The molecular weight excluding hydrogens is 257 g/mol. The van der Waals surface area contributed by atoms with E-state index in [1.165, 1.54) is 12.1 Å². The molecule has 0 aromatic heterocycles. The zero-order chi connectivity index (χ0) is 14.4. The van der Waals surface area contributed by atoms with Gasteiger partial charge in [-0.1, -0.05) is 36.4 Å². The molecule has 0 bridgehead atoms. The number of nitrogens with one attached hydrogen (secondary N) is 1. The smallest absolute Gasteiger partial charge is 0.307 e. The van der Waals surface area contributed by atoms with E-state index in [0.29, 0.717) is 13.1 Å². The van der Waals surface area contributed by atoms with Crippen LogP contribution in [0.4, 0.5) is 4.39 Å². The number of hydrogen-bond donors (Lipinski definition) is 2. The molecule has 0 aliphatic carbocycles. The summed E-state index contributed by atoms with van der Waals surface area (Å²) in [6.07, 6.45) is 0.0222.